The third kappa shape index (κ3) is 1.90. The minimum absolute atomic E-state index is 0.000265. The van der Waals surface area contributed by atoms with Gasteiger partial charge in [-0.3, -0.25) is 4.57 Å². The Balaban J connectivity index is 2.11. The van der Waals surface area contributed by atoms with Crippen LogP contribution in [0.15, 0.2) is 6.33 Å². The summed E-state index contributed by atoms with van der Waals surface area (Å²) < 4.78 is 7.73. The van der Waals surface area contributed by atoms with Gasteiger partial charge in [-0.1, -0.05) is 13.8 Å². The standard InChI is InChI=1S/C13H17ClN4O2/c1-6-7(2)12(20-9(6)4-19)18-11-10(17-13(18)14)8(3)15-5-16-11/h5-7,9,12,19H,4H2,1-3H3/t6?,7-,9+,12+/m0/s1. The molecule has 0 aromatic carbocycles. The van der Waals surface area contributed by atoms with Crippen LogP contribution in [0.4, 0.5) is 0 Å². The van der Waals surface area contributed by atoms with E-state index in [4.69, 9.17) is 16.3 Å². The third-order valence-corrected chi connectivity index (χ3v) is 4.50. The quantitative estimate of drug-likeness (QED) is 0.858. The number of nitrogens with zero attached hydrogens (tertiary/aromatic N) is 4. The summed E-state index contributed by atoms with van der Waals surface area (Å²) in [7, 11) is 0. The van der Waals surface area contributed by atoms with Crippen molar-refractivity contribution in [1.29, 1.82) is 0 Å². The summed E-state index contributed by atoms with van der Waals surface area (Å²) in [5.41, 5.74) is 2.14. The molecule has 1 fully saturated rings. The second-order valence-electron chi connectivity index (χ2n) is 5.35. The molecule has 1 aliphatic heterocycles. The first kappa shape index (κ1) is 13.7. The molecule has 3 heterocycles. The van der Waals surface area contributed by atoms with Crippen molar-refractivity contribution in [2.45, 2.75) is 33.1 Å². The number of hydrogen-bond donors (Lipinski definition) is 1. The molecular weight excluding hydrogens is 280 g/mol. The highest BCUT2D eigenvalue weighted by molar-refractivity contribution is 6.29. The maximum absolute atomic E-state index is 9.39. The molecule has 2 aromatic rings. The van der Waals surface area contributed by atoms with Crippen LogP contribution in [-0.4, -0.2) is 37.3 Å². The number of fused-ring (bicyclic) bond motifs is 1. The molecule has 7 heteroatoms. The van der Waals surface area contributed by atoms with E-state index in [0.29, 0.717) is 16.4 Å². The van der Waals surface area contributed by atoms with Gasteiger partial charge in [0.25, 0.3) is 0 Å². The van der Waals surface area contributed by atoms with Crippen LogP contribution in [0.3, 0.4) is 0 Å². The van der Waals surface area contributed by atoms with E-state index in [2.05, 4.69) is 28.8 Å². The normalized spacial score (nSPS) is 30.2. The first-order valence-electron chi connectivity index (χ1n) is 6.66. The monoisotopic (exact) mass is 296 g/mol. The van der Waals surface area contributed by atoms with Crippen molar-refractivity contribution in [3.05, 3.63) is 17.3 Å². The maximum Gasteiger partial charge on any atom is 0.207 e. The van der Waals surface area contributed by atoms with Gasteiger partial charge in [0.15, 0.2) is 5.65 Å². The van der Waals surface area contributed by atoms with Gasteiger partial charge in [-0.2, -0.15) is 0 Å². The zero-order valence-corrected chi connectivity index (χ0v) is 12.4. The van der Waals surface area contributed by atoms with Gasteiger partial charge >= 0.3 is 0 Å². The average molecular weight is 297 g/mol. The predicted molar refractivity (Wildman–Crippen MR) is 74.4 cm³/mol. The molecule has 1 N–H and O–H groups in total. The Kier molecular flexibility index (Phi) is 3.40. The van der Waals surface area contributed by atoms with Gasteiger partial charge in [0, 0.05) is 5.92 Å². The Labute approximate surface area is 121 Å². The fourth-order valence-electron chi connectivity index (χ4n) is 2.75. The highest BCUT2D eigenvalue weighted by Crippen LogP contribution is 2.41. The Bertz CT molecular complexity index is 645. The Morgan fingerprint density at radius 1 is 1.35 bits per heavy atom. The lowest BCUT2D eigenvalue weighted by molar-refractivity contribution is -0.0335. The molecule has 1 unspecified atom stereocenters. The second-order valence-corrected chi connectivity index (χ2v) is 5.69. The van der Waals surface area contributed by atoms with Crippen molar-refractivity contribution in [2.24, 2.45) is 11.8 Å². The fourth-order valence-corrected chi connectivity index (χ4v) is 3.01. The summed E-state index contributed by atoms with van der Waals surface area (Å²) in [6.45, 7) is 6.02. The van der Waals surface area contributed by atoms with Gasteiger partial charge in [-0.05, 0) is 24.4 Å². The Hall–Kier alpha value is -1.24. The first-order chi connectivity index (χ1) is 9.54. The van der Waals surface area contributed by atoms with Crippen LogP contribution in [-0.2, 0) is 4.74 Å². The summed E-state index contributed by atoms with van der Waals surface area (Å²) in [6, 6.07) is 0. The summed E-state index contributed by atoms with van der Waals surface area (Å²) >= 11 is 6.27. The molecule has 1 aliphatic rings. The van der Waals surface area contributed by atoms with E-state index in [1.54, 1.807) is 4.57 Å². The third-order valence-electron chi connectivity index (χ3n) is 4.23. The Morgan fingerprint density at radius 2 is 2.10 bits per heavy atom. The van der Waals surface area contributed by atoms with Crippen molar-refractivity contribution in [3.63, 3.8) is 0 Å². The summed E-state index contributed by atoms with van der Waals surface area (Å²) in [5.74, 6) is 0.443. The molecule has 0 aliphatic carbocycles. The number of hydrogen-bond acceptors (Lipinski definition) is 5. The molecule has 6 nitrogen and oxygen atoms in total. The lowest BCUT2D eigenvalue weighted by Crippen LogP contribution is -2.19. The number of aliphatic hydroxyl groups is 1. The van der Waals surface area contributed by atoms with Crippen molar-refractivity contribution >= 4 is 22.8 Å². The summed E-state index contributed by atoms with van der Waals surface area (Å²) in [6.07, 6.45) is 1.04. The SMILES string of the molecule is Cc1ncnc2c1nc(Cl)n2[C@@H]1O[C@H](CO)C(C)[C@@H]1C. The molecule has 0 bridgehead atoms. The molecule has 2 aromatic heterocycles. The molecule has 0 spiro atoms. The van der Waals surface area contributed by atoms with E-state index < -0.39 is 0 Å². The molecule has 4 atom stereocenters. The van der Waals surface area contributed by atoms with E-state index >= 15 is 0 Å². The van der Waals surface area contributed by atoms with Gasteiger partial charge in [-0.25, -0.2) is 15.0 Å². The number of ether oxygens (including phenoxy) is 1. The van der Waals surface area contributed by atoms with Gasteiger partial charge in [0.05, 0.1) is 18.4 Å². The molecule has 20 heavy (non-hydrogen) atoms. The minimum Gasteiger partial charge on any atom is -0.394 e. The first-order valence-corrected chi connectivity index (χ1v) is 7.03. The van der Waals surface area contributed by atoms with E-state index in [-0.39, 0.29) is 30.8 Å². The van der Waals surface area contributed by atoms with Crippen molar-refractivity contribution < 1.29 is 9.84 Å². The minimum atomic E-state index is -0.269. The lowest BCUT2D eigenvalue weighted by atomic mass is 9.93. The molecule has 0 amide bonds. The van der Waals surface area contributed by atoms with Crippen LogP contribution in [0.5, 0.6) is 0 Å². The van der Waals surface area contributed by atoms with Crippen molar-refractivity contribution in [2.75, 3.05) is 6.61 Å². The average Bonchev–Trinajstić information content (AvgIpc) is 2.90. The number of halogens is 1. The smallest absolute Gasteiger partial charge is 0.207 e. The van der Waals surface area contributed by atoms with Crippen molar-refractivity contribution in [1.82, 2.24) is 19.5 Å². The van der Waals surface area contributed by atoms with Gasteiger partial charge in [0.2, 0.25) is 5.28 Å². The number of aryl methyl sites for hydroxylation is 1. The fraction of sp³-hybridized carbons (Fsp3) is 0.615. The largest absolute Gasteiger partial charge is 0.394 e. The molecular formula is C13H17ClN4O2. The number of aliphatic hydroxyl groups excluding tert-OH is 1. The van der Waals surface area contributed by atoms with Crippen LogP contribution < -0.4 is 0 Å². The zero-order chi connectivity index (χ0) is 14.4. The van der Waals surface area contributed by atoms with E-state index in [1.165, 1.54) is 6.33 Å². The van der Waals surface area contributed by atoms with Gasteiger partial charge < -0.3 is 9.84 Å². The lowest BCUT2D eigenvalue weighted by Gasteiger charge is -2.18. The van der Waals surface area contributed by atoms with Gasteiger partial charge in [-0.15, -0.1) is 0 Å². The second kappa shape index (κ2) is 4.95. The highest BCUT2D eigenvalue weighted by Gasteiger charge is 2.41. The molecule has 0 saturated carbocycles. The Morgan fingerprint density at radius 3 is 2.75 bits per heavy atom. The van der Waals surface area contributed by atoms with E-state index in [0.717, 1.165) is 5.69 Å². The zero-order valence-electron chi connectivity index (χ0n) is 11.6. The van der Waals surface area contributed by atoms with Crippen LogP contribution in [0, 0.1) is 18.8 Å². The van der Waals surface area contributed by atoms with E-state index in [9.17, 15) is 5.11 Å². The summed E-state index contributed by atoms with van der Waals surface area (Å²) in [5, 5.41) is 9.73. The summed E-state index contributed by atoms with van der Waals surface area (Å²) in [4.78, 5) is 12.7. The molecule has 3 rings (SSSR count). The number of aromatic nitrogens is 4. The van der Waals surface area contributed by atoms with Crippen LogP contribution in [0.1, 0.15) is 25.8 Å². The molecule has 0 radical (unpaired) electrons. The number of imidazole rings is 1. The van der Waals surface area contributed by atoms with Crippen molar-refractivity contribution in [3.8, 4) is 0 Å². The number of rotatable bonds is 2. The topological polar surface area (TPSA) is 73.1 Å². The molecule has 108 valence electrons. The van der Waals surface area contributed by atoms with Crippen LogP contribution >= 0.6 is 11.6 Å². The predicted octanol–water partition coefficient (Wildman–Crippen LogP) is 1.95. The van der Waals surface area contributed by atoms with Crippen LogP contribution in [0.25, 0.3) is 11.2 Å². The maximum atomic E-state index is 9.39. The molecule has 1 saturated heterocycles. The van der Waals surface area contributed by atoms with Crippen LogP contribution in [0.2, 0.25) is 5.28 Å². The highest BCUT2D eigenvalue weighted by atomic mass is 35.5. The van der Waals surface area contributed by atoms with Gasteiger partial charge in [0.1, 0.15) is 18.1 Å². The van der Waals surface area contributed by atoms with E-state index in [1.807, 2.05) is 6.92 Å².